The molecule has 3 atom stereocenters. The molecule has 1 aliphatic carbocycles. The molecule has 0 aromatic heterocycles. The molecule has 0 heterocycles. The topological polar surface area (TPSA) is 46.2 Å². The number of aliphatic hydroxyl groups is 1. The van der Waals surface area contributed by atoms with Crippen LogP contribution < -0.4 is 5.73 Å². The lowest BCUT2D eigenvalue weighted by Crippen LogP contribution is -2.41. The van der Waals surface area contributed by atoms with E-state index in [4.69, 9.17) is 5.73 Å². The zero-order chi connectivity index (χ0) is 8.43. The van der Waals surface area contributed by atoms with Gasteiger partial charge < -0.3 is 10.8 Å². The van der Waals surface area contributed by atoms with Crippen molar-refractivity contribution in [3.63, 3.8) is 0 Å². The lowest BCUT2D eigenvalue weighted by molar-refractivity contribution is 0.0752. The van der Waals surface area contributed by atoms with E-state index in [9.17, 15) is 5.11 Å². The van der Waals surface area contributed by atoms with Crippen LogP contribution in [0.2, 0.25) is 0 Å². The fourth-order valence-corrected chi connectivity index (χ4v) is 1.83. The molecule has 0 radical (unpaired) electrons. The summed E-state index contributed by atoms with van der Waals surface area (Å²) in [5.41, 5.74) is 5.76. The van der Waals surface area contributed by atoms with Gasteiger partial charge in [0, 0.05) is 6.04 Å². The maximum absolute atomic E-state index is 9.35. The predicted molar refractivity (Wildman–Crippen MR) is 46.2 cm³/mol. The van der Waals surface area contributed by atoms with Crippen LogP contribution in [0.3, 0.4) is 0 Å². The molecule has 2 nitrogen and oxygen atoms in total. The average Bonchev–Trinajstić information content (AvgIpc) is 1.94. The van der Waals surface area contributed by atoms with E-state index in [2.05, 4.69) is 13.8 Å². The molecule has 0 aromatic carbocycles. The SMILES string of the molecule is CC(C)[C@H]1CC[C@H](O)[C@@H](N)C1. The van der Waals surface area contributed by atoms with Gasteiger partial charge in [-0.3, -0.25) is 0 Å². The third-order valence-electron chi connectivity index (χ3n) is 2.85. The van der Waals surface area contributed by atoms with E-state index >= 15 is 0 Å². The van der Waals surface area contributed by atoms with Gasteiger partial charge in [-0.2, -0.15) is 0 Å². The van der Waals surface area contributed by atoms with Crippen LogP contribution in [-0.2, 0) is 0 Å². The maximum Gasteiger partial charge on any atom is 0.0691 e. The highest BCUT2D eigenvalue weighted by Gasteiger charge is 2.27. The first-order valence-corrected chi connectivity index (χ1v) is 4.55. The smallest absolute Gasteiger partial charge is 0.0691 e. The van der Waals surface area contributed by atoms with Crippen LogP contribution in [0.4, 0.5) is 0 Å². The van der Waals surface area contributed by atoms with Gasteiger partial charge in [0.05, 0.1) is 6.10 Å². The summed E-state index contributed by atoms with van der Waals surface area (Å²) in [6.45, 7) is 4.46. The third-order valence-corrected chi connectivity index (χ3v) is 2.85. The van der Waals surface area contributed by atoms with E-state index in [1.807, 2.05) is 0 Å². The summed E-state index contributed by atoms with van der Waals surface area (Å²) in [7, 11) is 0. The molecular formula is C9H19NO. The Morgan fingerprint density at radius 3 is 2.45 bits per heavy atom. The van der Waals surface area contributed by atoms with Gasteiger partial charge in [-0.25, -0.2) is 0 Å². The number of hydrogen-bond donors (Lipinski definition) is 2. The lowest BCUT2D eigenvalue weighted by atomic mass is 9.78. The fraction of sp³-hybridized carbons (Fsp3) is 1.00. The van der Waals surface area contributed by atoms with Crippen molar-refractivity contribution in [3.05, 3.63) is 0 Å². The first-order valence-electron chi connectivity index (χ1n) is 4.55. The summed E-state index contributed by atoms with van der Waals surface area (Å²) in [5.74, 6) is 1.45. The second-order valence-electron chi connectivity index (χ2n) is 4.05. The van der Waals surface area contributed by atoms with E-state index < -0.39 is 0 Å². The molecule has 0 amide bonds. The molecule has 1 saturated carbocycles. The van der Waals surface area contributed by atoms with Crippen LogP contribution in [0, 0.1) is 11.8 Å². The van der Waals surface area contributed by atoms with Gasteiger partial charge >= 0.3 is 0 Å². The highest BCUT2D eigenvalue weighted by molar-refractivity contribution is 4.83. The lowest BCUT2D eigenvalue weighted by Gasteiger charge is -2.32. The van der Waals surface area contributed by atoms with Crippen molar-refractivity contribution in [2.24, 2.45) is 17.6 Å². The molecule has 0 unspecified atom stereocenters. The van der Waals surface area contributed by atoms with Crippen molar-refractivity contribution < 1.29 is 5.11 Å². The molecule has 0 saturated heterocycles. The predicted octanol–water partition coefficient (Wildman–Crippen LogP) is 1.13. The van der Waals surface area contributed by atoms with Crippen LogP contribution in [0.1, 0.15) is 33.1 Å². The van der Waals surface area contributed by atoms with E-state index in [0.717, 1.165) is 25.2 Å². The Kier molecular flexibility index (Phi) is 2.90. The van der Waals surface area contributed by atoms with Gasteiger partial charge in [-0.05, 0) is 31.1 Å². The van der Waals surface area contributed by atoms with Crippen molar-refractivity contribution in [3.8, 4) is 0 Å². The molecule has 2 heteroatoms. The summed E-state index contributed by atoms with van der Waals surface area (Å²) < 4.78 is 0. The van der Waals surface area contributed by atoms with E-state index in [1.165, 1.54) is 0 Å². The summed E-state index contributed by atoms with van der Waals surface area (Å²) in [6.07, 6.45) is 2.79. The molecule has 3 N–H and O–H groups in total. The van der Waals surface area contributed by atoms with E-state index in [1.54, 1.807) is 0 Å². The molecule has 11 heavy (non-hydrogen) atoms. The molecular weight excluding hydrogens is 138 g/mol. The van der Waals surface area contributed by atoms with Crippen molar-refractivity contribution in [2.75, 3.05) is 0 Å². The largest absolute Gasteiger partial charge is 0.392 e. The monoisotopic (exact) mass is 157 g/mol. The van der Waals surface area contributed by atoms with Crippen LogP contribution >= 0.6 is 0 Å². The van der Waals surface area contributed by atoms with Gasteiger partial charge in [0.25, 0.3) is 0 Å². The van der Waals surface area contributed by atoms with Gasteiger partial charge in [-0.15, -0.1) is 0 Å². The zero-order valence-corrected chi connectivity index (χ0v) is 7.46. The van der Waals surface area contributed by atoms with Gasteiger partial charge in [0.15, 0.2) is 0 Å². The second kappa shape index (κ2) is 3.55. The zero-order valence-electron chi connectivity index (χ0n) is 7.46. The summed E-state index contributed by atoms with van der Waals surface area (Å²) in [6, 6.07) is 0.0242. The molecule has 1 rings (SSSR count). The minimum atomic E-state index is -0.245. The van der Waals surface area contributed by atoms with Crippen LogP contribution in [0.15, 0.2) is 0 Å². The van der Waals surface area contributed by atoms with Gasteiger partial charge in [0.2, 0.25) is 0 Å². The molecule has 1 fully saturated rings. The first kappa shape index (κ1) is 9.01. The second-order valence-corrected chi connectivity index (χ2v) is 4.05. The summed E-state index contributed by atoms with van der Waals surface area (Å²) >= 11 is 0. The van der Waals surface area contributed by atoms with Crippen molar-refractivity contribution >= 4 is 0 Å². The van der Waals surface area contributed by atoms with Crippen LogP contribution in [-0.4, -0.2) is 17.3 Å². The molecule has 66 valence electrons. The van der Waals surface area contributed by atoms with Gasteiger partial charge in [0.1, 0.15) is 0 Å². The number of nitrogens with two attached hydrogens (primary N) is 1. The number of rotatable bonds is 1. The maximum atomic E-state index is 9.35. The normalized spacial score (nSPS) is 39.5. The minimum absolute atomic E-state index is 0.0242. The molecule has 1 aliphatic rings. The standard InChI is InChI=1S/C9H19NO/c1-6(2)7-3-4-9(11)8(10)5-7/h6-9,11H,3-5,10H2,1-2H3/t7-,8-,9-/m0/s1. The minimum Gasteiger partial charge on any atom is -0.392 e. The van der Waals surface area contributed by atoms with E-state index in [0.29, 0.717) is 5.92 Å². The Bertz CT molecular complexity index is 125. The van der Waals surface area contributed by atoms with Crippen molar-refractivity contribution in [1.82, 2.24) is 0 Å². The van der Waals surface area contributed by atoms with Crippen molar-refractivity contribution in [1.29, 1.82) is 0 Å². The molecule has 0 bridgehead atoms. The quantitative estimate of drug-likeness (QED) is 0.599. The fourth-order valence-electron chi connectivity index (χ4n) is 1.83. The molecule has 0 spiro atoms. The highest BCUT2D eigenvalue weighted by Crippen LogP contribution is 2.29. The highest BCUT2D eigenvalue weighted by atomic mass is 16.3. The average molecular weight is 157 g/mol. The van der Waals surface area contributed by atoms with Crippen LogP contribution in [0.5, 0.6) is 0 Å². The number of aliphatic hydroxyl groups excluding tert-OH is 1. The van der Waals surface area contributed by atoms with Gasteiger partial charge in [-0.1, -0.05) is 13.8 Å². The Morgan fingerprint density at radius 1 is 1.36 bits per heavy atom. The Morgan fingerprint density at radius 2 is 2.00 bits per heavy atom. The Labute approximate surface area is 68.8 Å². The summed E-state index contributed by atoms with van der Waals surface area (Å²) in [4.78, 5) is 0. The first-order chi connectivity index (χ1) is 5.11. The molecule has 0 aliphatic heterocycles. The molecule has 0 aromatic rings. The van der Waals surface area contributed by atoms with E-state index in [-0.39, 0.29) is 12.1 Å². The van der Waals surface area contributed by atoms with Crippen molar-refractivity contribution in [2.45, 2.75) is 45.3 Å². The summed E-state index contributed by atoms with van der Waals surface area (Å²) in [5, 5.41) is 9.35. The number of hydrogen-bond acceptors (Lipinski definition) is 2. The Hall–Kier alpha value is -0.0800. The van der Waals surface area contributed by atoms with Crippen LogP contribution in [0.25, 0.3) is 0 Å². The third kappa shape index (κ3) is 2.17. The Balaban J connectivity index is 2.40.